The van der Waals surface area contributed by atoms with E-state index >= 15 is 4.79 Å². The minimum Gasteiger partial charge on any atom is -0.432 e. The summed E-state index contributed by atoms with van der Waals surface area (Å²) in [6, 6.07) is 31.0. The first-order chi connectivity index (χ1) is 27.9. The predicted octanol–water partition coefficient (Wildman–Crippen LogP) is 6.28. The van der Waals surface area contributed by atoms with E-state index < -0.39 is 36.4 Å². The molecule has 298 valence electrons. The van der Waals surface area contributed by atoms with E-state index in [0.717, 1.165) is 22.4 Å². The number of hydrazone groups is 1. The van der Waals surface area contributed by atoms with E-state index in [4.69, 9.17) is 9.84 Å². The van der Waals surface area contributed by atoms with Crippen molar-refractivity contribution in [1.29, 1.82) is 0 Å². The molecule has 58 heavy (non-hydrogen) atoms. The number of aryl methyl sites for hydroxylation is 1. The van der Waals surface area contributed by atoms with Crippen molar-refractivity contribution < 1.29 is 29.2 Å². The average molecular weight is 800 g/mol. The first-order valence-corrected chi connectivity index (χ1v) is 22.5. The van der Waals surface area contributed by atoms with E-state index in [2.05, 4.69) is 10.3 Å². The van der Waals surface area contributed by atoms with Gasteiger partial charge in [0.2, 0.25) is 5.91 Å². The fourth-order valence-electron chi connectivity index (χ4n) is 9.06. The molecular weight excluding hydrogens is 755 g/mol. The third kappa shape index (κ3) is 7.04. The number of aliphatic hydroxyl groups excluding tert-OH is 1. The number of anilines is 2. The Morgan fingerprint density at radius 1 is 0.983 bits per heavy atom. The number of ether oxygens (including phenoxy) is 1. The van der Waals surface area contributed by atoms with Gasteiger partial charge in [0, 0.05) is 54.7 Å². The van der Waals surface area contributed by atoms with Crippen molar-refractivity contribution in [1.82, 2.24) is 15.0 Å². The van der Waals surface area contributed by atoms with E-state index in [1.807, 2.05) is 98.9 Å². The summed E-state index contributed by atoms with van der Waals surface area (Å²) in [5.41, 5.74) is 3.21. The van der Waals surface area contributed by atoms with Crippen LogP contribution in [0, 0.1) is 16.0 Å². The number of hydrogen-bond donors (Lipinski definition) is 2. The lowest BCUT2D eigenvalue weighted by Crippen LogP contribution is -2.46. The number of aliphatic hydroxyl groups is 1. The molecule has 1 spiro atoms. The van der Waals surface area contributed by atoms with Crippen LogP contribution in [-0.4, -0.2) is 68.4 Å². The molecule has 1 aromatic heterocycles. The molecule has 14 nitrogen and oxygen atoms in total. The first kappa shape index (κ1) is 39.0. The number of fused-ring (bicyclic) bond motifs is 2. The molecule has 1 unspecified atom stereocenters. The van der Waals surface area contributed by atoms with Gasteiger partial charge in [0.1, 0.15) is 0 Å². The molecule has 5 aromatic rings. The number of hydrogen-bond acceptors (Lipinski definition) is 10. The smallest absolute Gasteiger partial charge is 0.269 e. The monoisotopic (exact) mass is 799 g/mol. The molecule has 0 radical (unpaired) electrons. The Hall–Kier alpha value is -5.87. The van der Waals surface area contributed by atoms with Crippen LogP contribution in [0.2, 0.25) is 18.6 Å². The molecule has 3 aliphatic heterocycles. The number of non-ortho nitro benzene ring substituents is 1. The van der Waals surface area contributed by atoms with Gasteiger partial charge in [-0.3, -0.25) is 24.4 Å². The zero-order valence-corrected chi connectivity index (χ0v) is 33.5. The molecule has 4 heterocycles. The van der Waals surface area contributed by atoms with Crippen molar-refractivity contribution in [3.8, 4) is 0 Å². The minimum absolute atomic E-state index is 0.0943. The molecule has 0 aliphatic carbocycles. The highest BCUT2D eigenvalue weighted by Crippen LogP contribution is 2.60. The van der Waals surface area contributed by atoms with E-state index in [1.54, 1.807) is 27.9 Å². The zero-order chi connectivity index (χ0) is 40.8. The van der Waals surface area contributed by atoms with Crippen molar-refractivity contribution >= 4 is 42.9 Å². The lowest BCUT2D eigenvalue weighted by molar-refractivity contribution is -0.385. The van der Waals surface area contributed by atoms with Gasteiger partial charge >= 0.3 is 0 Å². The van der Waals surface area contributed by atoms with E-state index in [0.29, 0.717) is 48.4 Å². The van der Waals surface area contributed by atoms with Gasteiger partial charge in [-0.1, -0.05) is 84.9 Å². The summed E-state index contributed by atoms with van der Waals surface area (Å²) in [7, 11) is -3.05. The predicted molar refractivity (Wildman–Crippen MR) is 220 cm³/mol. The Morgan fingerprint density at radius 2 is 1.72 bits per heavy atom. The molecule has 5 atom stereocenters. The molecule has 1 fully saturated rings. The Morgan fingerprint density at radius 3 is 2.43 bits per heavy atom. The van der Waals surface area contributed by atoms with Gasteiger partial charge in [0.25, 0.3) is 11.6 Å². The summed E-state index contributed by atoms with van der Waals surface area (Å²) in [4.78, 5) is 53.3. The second kappa shape index (κ2) is 15.5. The Bertz CT molecular complexity index is 2390. The maximum absolute atomic E-state index is 15.1. The maximum atomic E-state index is 15.1. The minimum atomic E-state index is -3.05. The van der Waals surface area contributed by atoms with Crippen LogP contribution in [0.25, 0.3) is 0 Å². The third-order valence-corrected chi connectivity index (χ3v) is 14.3. The van der Waals surface area contributed by atoms with Crippen LogP contribution in [0.15, 0.2) is 114 Å². The van der Waals surface area contributed by atoms with E-state index in [-0.39, 0.29) is 36.6 Å². The van der Waals surface area contributed by atoms with Crippen LogP contribution < -0.4 is 9.91 Å². The third-order valence-electron chi connectivity index (χ3n) is 11.8. The number of benzene rings is 4. The summed E-state index contributed by atoms with van der Waals surface area (Å²) < 4.78 is 8.62. The van der Waals surface area contributed by atoms with Gasteiger partial charge in [0.05, 0.1) is 52.9 Å². The Balaban J connectivity index is 1.10. The van der Waals surface area contributed by atoms with Gasteiger partial charge in [-0.15, -0.1) is 5.10 Å². The first-order valence-electron chi connectivity index (χ1n) is 19.5. The van der Waals surface area contributed by atoms with Gasteiger partial charge < -0.3 is 19.5 Å². The number of nitro benzene ring substituents is 1. The van der Waals surface area contributed by atoms with Crippen LogP contribution >= 0.6 is 0 Å². The number of amides is 2. The van der Waals surface area contributed by atoms with Crippen molar-refractivity contribution in [2.24, 2.45) is 11.0 Å². The number of carbonyl (C=O) groups excluding carboxylic acids is 2. The average Bonchev–Trinajstić information content (AvgIpc) is 3.88. The van der Waals surface area contributed by atoms with Crippen LogP contribution in [0.3, 0.4) is 0 Å². The van der Waals surface area contributed by atoms with E-state index in [1.165, 1.54) is 17.1 Å². The molecule has 4 aromatic carbocycles. The Labute approximate surface area is 336 Å². The van der Waals surface area contributed by atoms with Crippen molar-refractivity contribution in [3.63, 3.8) is 0 Å². The molecule has 0 bridgehead atoms. The van der Waals surface area contributed by atoms with Crippen molar-refractivity contribution in [2.75, 3.05) is 16.5 Å². The lowest BCUT2D eigenvalue weighted by Gasteiger charge is -2.32. The number of nitrogens with zero attached hydrogens (tertiary/aromatic N) is 7. The Kier molecular flexibility index (Phi) is 10.4. The van der Waals surface area contributed by atoms with Crippen LogP contribution in [0.5, 0.6) is 0 Å². The van der Waals surface area contributed by atoms with Crippen LogP contribution in [0.1, 0.15) is 60.1 Å². The van der Waals surface area contributed by atoms with Gasteiger partial charge in [-0.25, -0.2) is 5.01 Å². The summed E-state index contributed by atoms with van der Waals surface area (Å²) in [6.07, 6.45) is 2.39. The number of carbonyl (C=O) groups is 2. The zero-order valence-electron chi connectivity index (χ0n) is 32.5. The molecule has 3 aliphatic rings. The quantitative estimate of drug-likeness (QED) is 0.0836. The number of aromatic nitrogens is 3. The van der Waals surface area contributed by atoms with Gasteiger partial charge in [0.15, 0.2) is 13.9 Å². The second-order valence-electron chi connectivity index (χ2n) is 15.8. The number of rotatable bonds is 12. The molecule has 2 amide bonds. The normalized spacial score (nSPS) is 22.4. The highest BCUT2D eigenvalue weighted by atomic mass is 28.4. The van der Waals surface area contributed by atoms with Crippen LogP contribution in [0.4, 0.5) is 17.1 Å². The maximum Gasteiger partial charge on any atom is 0.269 e. The summed E-state index contributed by atoms with van der Waals surface area (Å²) in [5.74, 6) is -1.42. The summed E-state index contributed by atoms with van der Waals surface area (Å²) in [6.45, 7) is 5.85. The largest absolute Gasteiger partial charge is 0.432 e. The SMILES string of the molecule is C[C@@H]1[C@@H]([Si](C)(C)O)[C@H](CCn2cc(C(CO)c3ccccc3)nn2)O[C@@]12C(=O)N(Cc1cccc(N3N=C(c4ccccc4)CCC3=O)c1)c1ccc([N+](=O)[O-])cc12. The topological polar surface area (TPSA) is 177 Å². The molecule has 15 heteroatoms. The molecule has 0 saturated carbocycles. The second-order valence-corrected chi connectivity index (χ2v) is 19.8. The molecule has 2 N–H and O–H groups in total. The highest BCUT2D eigenvalue weighted by Gasteiger charge is 2.66. The summed E-state index contributed by atoms with van der Waals surface area (Å²) in [5, 5.41) is 37.2. The molecule has 1 saturated heterocycles. The van der Waals surface area contributed by atoms with Crippen molar-refractivity contribution in [2.45, 2.75) is 75.5 Å². The van der Waals surface area contributed by atoms with Gasteiger partial charge in [-0.05, 0) is 54.4 Å². The fourth-order valence-corrected chi connectivity index (χ4v) is 11.7. The lowest BCUT2D eigenvalue weighted by atomic mass is 9.82. The fraction of sp³-hybridized carbons (Fsp3) is 0.326. The van der Waals surface area contributed by atoms with Crippen molar-refractivity contribution in [3.05, 3.63) is 147 Å². The number of nitro groups is 1. The molecular formula is C43H45N7O7Si. The van der Waals surface area contributed by atoms with Gasteiger partial charge in [-0.2, -0.15) is 5.10 Å². The summed E-state index contributed by atoms with van der Waals surface area (Å²) >= 11 is 0. The van der Waals surface area contributed by atoms with E-state index in [9.17, 15) is 24.8 Å². The molecule has 8 rings (SSSR count). The standard InChI is InChI=1S/C43H45N7O7Si/c1-28-41(58(2,3)56)39(21-22-47-26-37(44-46-47)34(27-51)30-12-6-4-7-13-30)57-43(28)35-24-33(50(54)55)17-19-38(35)48(42(43)53)25-29-11-10-16-32(23-29)49-40(52)20-18-36(45-49)31-14-8-5-9-15-31/h4-17,19,23-24,26,28,34,39,41,51,56H,18,20-22,25,27H2,1-3H3/t28-,34?,39+,41-,43+/m1/s1. The highest BCUT2D eigenvalue weighted by molar-refractivity contribution is 6.71. The van der Waals surface area contributed by atoms with Crippen LogP contribution in [-0.2, 0) is 33.0 Å².